The molecule has 0 saturated heterocycles. The van der Waals surface area contributed by atoms with E-state index in [1.165, 1.54) is 13.8 Å². The fourth-order valence-electron chi connectivity index (χ4n) is 1.25. The quantitative estimate of drug-likeness (QED) is 0.848. The van der Waals surface area contributed by atoms with Crippen molar-refractivity contribution in [1.29, 1.82) is 0 Å². The minimum absolute atomic E-state index is 0.581. The molecule has 0 radical (unpaired) electrons. The molecule has 0 aliphatic heterocycles. The van der Waals surface area contributed by atoms with Gasteiger partial charge in [-0.2, -0.15) is 0 Å². The zero-order valence-corrected chi connectivity index (χ0v) is 11.5. The Morgan fingerprint density at radius 3 is 2.17 bits per heavy atom. The molecule has 5 nitrogen and oxygen atoms in total. The van der Waals surface area contributed by atoms with Gasteiger partial charge in [-0.1, -0.05) is 29.8 Å². The molecule has 1 unspecified atom stereocenters. The number of nitrogens with two attached hydrogens (primary N) is 1. The number of aryl methyl sites for hydroxylation is 1. The fourth-order valence-corrected chi connectivity index (χ4v) is 1.89. The van der Waals surface area contributed by atoms with E-state index >= 15 is 0 Å². The van der Waals surface area contributed by atoms with Crippen molar-refractivity contribution in [2.75, 3.05) is 0 Å². The van der Waals surface area contributed by atoms with Gasteiger partial charge in [0.05, 0.1) is 5.25 Å². The lowest BCUT2D eigenvalue weighted by Gasteiger charge is -2.14. The summed E-state index contributed by atoms with van der Waals surface area (Å²) in [5.74, 6) is -0.715. The lowest BCUT2D eigenvalue weighted by Crippen LogP contribution is -2.41. The van der Waals surface area contributed by atoms with Gasteiger partial charge >= 0.3 is 0 Å². The van der Waals surface area contributed by atoms with Crippen LogP contribution < -0.4 is 10.5 Å². The summed E-state index contributed by atoms with van der Waals surface area (Å²) < 4.78 is 25.1. The summed E-state index contributed by atoms with van der Waals surface area (Å²) in [4.78, 5) is 11.7. The van der Waals surface area contributed by atoms with Crippen LogP contribution in [0.5, 0.6) is 0 Å². The number of carbonyl (C=O) groups is 1. The maximum Gasteiger partial charge on any atom is 0.254 e. The Morgan fingerprint density at radius 2 is 1.72 bits per heavy atom. The van der Waals surface area contributed by atoms with E-state index in [0.717, 1.165) is 5.56 Å². The molecule has 1 aromatic rings. The van der Waals surface area contributed by atoms with Crippen LogP contribution >= 0.6 is 0 Å². The Morgan fingerprint density at radius 1 is 1.22 bits per heavy atom. The third-order valence-electron chi connectivity index (χ3n) is 2.58. The van der Waals surface area contributed by atoms with E-state index in [2.05, 4.69) is 0 Å². The van der Waals surface area contributed by atoms with Gasteiger partial charge < -0.3 is 5.73 Å². The predicted octanol–water partition coefficient (Wildman–Crippen LogP) is 0.849. The normalized spacial score (nSPS) is 13.4. The highest BCUT2D eigenvalue weighted by molar-refractivity contribution is 7.90. The van der Waals surface area contributed by atoms with E-state index in [1.807, 2.05) is 23.8 Å². The highest BCUT2D eigenvalue weighted by Gasteiger charge is 2.23. The molecule has 18 heavy (non-hydrogen) atoms. The van der Waals surface area contributed by atoms with Gasteiger partial charge in [-0.25, -0.2) is 8.42 Å². The molecule has 1 atom stereocenters. The van der Waals surface area contributed by atoms with Crippen molar-refractivity contribution < 1.29 is 13.2 Å². The topological polar surface area (TPSA) is 89.3 Å². The van der Waals surface area contributed by atoms with Crippen molar-refractivity contribution in [3.05, 3.63) is 35.4 Å². The molecule has 3 N–H and O–H groups in total. The summed E-state index contributed by atoms with van der Waals surface area (Å²) in [5.41, 5.74) is 7.34. The molecule has 0 fully saturated rings. The first kappa shape index (κ1) is 14.7. The first-order chi connectivity index (χ1) is 8.24. The number of hydrogen-bond acceptors (Lipinski definition) is 4. The number of nitrogens with one attached hydrogen (secondary N) is 1. The second-order valence-corrected chi connectivity index (χ2v) is 6.69. The molecular weight excluding hydrogens is 252 g/mol. The molecule has 1 amide bonds. The van der Waals surface area contributed by atoms with Gasteiger partial charge in [0.15, 0.2) is 0 Å². The van der Waals surface area contributed by atoms with Crippen LogP contribution in [0.1, 0.15) is 31.0 Å². The molecule has 0 heterocycles. The number of sulfonamides is 1. The number of benzene rings is 1. The van der Waals surface area contributed by atoms with Crippen LogP contribution in [0.2, 0.25) is 0 Å². The van der Waals surface area contributed by atoms with Crippen LogP contribution in [0.15, 0.2) is 24.3 Å². The van der Waals surface area contributed by atoms with Gasteiger partial charge in [0, 0.05) is 0 Å². The van der Waals surface area contributed by atoms with Crippen LogP contribution in [0, 0.1) is 6.92 Å². The van der Waals surface area contributed by atoms with Crippen molar-refractivity contribution in [1.82, 2.24) is 4.72 Å². The Bertz CT molecular complexity index is 521. The molecule has 0 bridgehead atoms. The van der Waals surface area contributed by atoms with E-state index in [0.29, 0.717) is 5.56 Å². The largest absolute Gasteiger partial charge is 0.316 e. The van der Waals surface area contributed by atoms with Gasteiger partial charge in [-0.3, -0.25) is 9.52 Å². The van der Waals surface area contributed by atoms with E-state index in [9.17, 15) is 13.2 Å². The van der Waals surface area contributed by atoms with Crippen molar-refractivity contribution in [3.8, 4) is 0 Å². The molecule has 1 aromatic carbocycles. The van der Waals surface area contributed by atoms with Gasteiger partial charge in [-0.05, 0) is 26.3 Å². The summed E-state index contributed by atoms with van der Waals surface area (Å²) in [6.07, 6.45) is 0. The molecule has 0 aliphatic rings. The summed E-state index contributed by atoms with van der Waals surface area (Å²) in [5, 5.41) is -0.674. The monoisotopic (exact) mass is 270 g/mol. The number of carbonyl (C=O) groups excluding carboxylic acids is 1. The Labute approximate surface area is 107 Å². The van der Waals surface area contributed by atoms with Gasteiger partial charge in [0.1, 0.15) is 6.04 Å². The summed E-state index contributed by atoms with van der Waals surface area (Å²) in [6.45, 7) is 4.90. The van der Waals surface area contributed by atoms with Crippen molar-refractivity contribution in [3.63, 3.8) is 0 Å². The summed E-state index contributed by atoms with van der Waals surface area (Å²) in [6, 6.07) is 6.07. The number of amides is 1. The molecule has 1 rings (SSSR count). The van der Waals surface area contributed by atoms with Crippen molar-refractivity contribution in [2.24, 2.45) is 5.73 Å². The number of hydrogen-bond donors (Lipinski definition) is 2. The molecule has 0 aromatic heterocycles. The smallest absolute Gasteiger partial charge is 0.254 e. The zero-order valence-electron chi connectivity index (χ0n) is 10.7. The minimum Gasteiger partial charge on any atom is -0.316 e. The van der Waals surface area contributed by atoms with Gasteiger partial charge in [0.25, 0.3) is 5.91 Å². The molecule has 6 heteroatoms. The fraction of sp³-hybridized carbons (Fsp3) is 0.417. The first-order valence-electron chi connectivity index (χ1n) is 5.61. The van der Waals surface area contributed by atoms with Crippen molar-refractivity contribution >= 4 is 15.9 Å². The predicted molar refractivity (Wildman–Crippen MR) is 70.3 cm³/mol. The van der Waals surface area contributed by atoms with Crippen LogP contribution in [0.25, 0.3) is 0 Å². The standard InChI is InChI=1S/C12H18N2O3S/c1-8(2)18(16,17)14-12(15)11(13)10-6-4-9(3)5-7-10/h4-8,11H,13H2,1-3H3,(H,14,15). The summed E-state index contributed by atoms with van der Waals surface area (Å²) >= 11 is 0. The van der Waals surface area contributed by atoms with Crippen LogP contribution in [-0.4, -0.2) is 19.6 Å². The maximum atomic E-state index is 11.7. The second kappa shape index (κ2) is 5.49. The van der Waals surface area contributed by atoms with Crippen LogP contribution in [-0.2, 0) is 14.8 Å². The van der Waals surface area contributed by atoms with Crippen LogP contribution in [0.3, 0.4) is 0 Å². The Kier molecular flexibility index (Phi) is 4.48. The molecule has 0 saturated carbocycles. The zero-order chi connectivity index (χ0) is 13.9. The van der Waals surface area contributed by atoms with Gasteiger partial charge in [-0.15, -0.1) is 0 Å². The maximum absolute atomic E-state index is 11.7. The Hall–Kier alpha value is -1.40. The summed E-state index contributed by atoms with van der Waals surface area (Å²) in [7, 11) is -3.64. The lowest BCUT2D eigenvalue weighted by molar-refractivity contribution is -0.120. The first-order valence-corrected chi connectivity index (χ1v) is 7.16. The minimum atomic E-state index is -3.64. The number of rotatable bonds is 4. The SMILES string of the molecule is Cc1ccc(C(N)C(=O)NS(=O)(=O)C(C)C)cc1. The molecule has 100 valence electrons. The second-order valence-electron chi connectivity index (χ2n) is 4.45. The lowest BCUT2D eigenvalue weighted by atomic mass is 10.1. The molecule has 0 aliphatic carbocycles. The third kappa shape index (κ3) is 3.54. The van der Waals surface area contributed by atoms with E-state index in [4.69, 9.17) is 5.73 Å². The van der Waals surface area contributed by atoms with Gasteiger partial charge in [0.2, 0.25) is 10.0 Å². The molecule has 0 spiro atoms. The van der Waals surface area contributed by atoms with Crippen molar-refractivity contribution in [2.45, 2.75) is 32.1 Å². The van der Waals surface area contributed by atoms with Crippen LogP contribution in [0.4, 0.5) is 0 Å². The van der Waals surface area contributed by atoms with E-state index in [-0.39, 0.29) is 0 Å². The van der Waals surface area contributed by atoms with E-state index < -0.39 is 27.2 Å². The molecular formula is C12H18N2O3S. The highest BCUT2D eigenvalue weighted by atomic mass is 32.2. The highest BCUT2D eigenvalue weighted by Crippen LogP contribution is 2.12. The van der Waals surface area contributed by atoms with E-state index in [1.54, 1.807) is 12.1 Å². The third-order valence-corrected chi connectivity index (χ3v) is 4.31. The Balaban J connectivity index is 2.82. The average Bonchev–Trinajstić information content (AvgIpc) is 2.28. The average molecular weight is 270 g/mol.